The van der Waals surface area contributed by atoms with Gasteiger partial charge < -0.3 is 42.5 Å². The molecule has 8 N–H and O–H groups in total. The van der Waals surface area contributed by atoms with Crippen LogP contribution in [-0.2, 0) is 33.6 Å². The molecule has 0 aromatic heterocycles. The van der Waals surface area contributed by atoms with Crippen molar-refractivity contribution in [1.82, 2.24) is 57.2 Å². The van der Waals surface area contributed by atoms with Gasteiger partial charge in [-0.1, -0.05) is 27.7 Å². The van der Waals surface area contributed by atoms with E-state index >= 15 is 0 Å². The lowest BCUT2D eigenvalue weighted by atomic mass is 10.2. The van der Waals surface area contributed by atoms with Crippen LogP contribution in [0.1, 0.15) is 80.1 Å². The molecule has 0 aromatic carbocycles. The van der Waals surface area contributed by atoms with Gasteiger partial charge in [-0.2, -0.15) is 0 Å². The van der Waals surface area contributed by atoms with Crippen LogP contribution in [0, 0.1) is 11.8 Å². The molecule has 0 aromatic rings. The van der Waals surface area contributed by atoms with Gasteiger partial charge in [0.15, 0.2) is 0 Å². The third kappa shape index (κ3) is 32.9. The van der Waals surface area contributed by atoms with Crippen molar-refractivity contribution in [1.29, 1.82) is 0 Å². The summed E-state index contributed by atoms with van der Waals surface area (Å²) >= 11 is 0. The average Bonchev–Trinajstić information content (AvgIpc) is 3.14. The number of rotatable bonds is 35. The minimum Gasteiger partial charge on any atom is -0.356 e. The fraction of sp³-hybridized carbons (Fsp3) is 0.821. The van der Waals surface area contributed by atoms with Crippen molar-refractivity contribution < 1.29 is 33.6 Å². The fourth-order valence-electron chi connectivity index (χ4n) is 5.55. The average molecular weight is 812 g/mol. The van der Waals surface area contributed by atoms with E-state index in [9.17, 15) is 33.6 Å². The topological polar surface area (TPSA) is 225 Å². The molecule has 0 atom stereocenters. The lowest BCUT2D eigenvalue weighted by Gasteiger charge is -2.24. The van der Waals surface area contributed by atoms with Crippen LogP contribution in [0.3, 0.4) is 0 Å². The molecule has 0 saturated heterocycles. The van der Waals surface area contributed by atoms with Gasteiger partial charge in [0, 0.05) is 117 Å². The molecule has 0 radical (unpaired) electrons. The zero-order valence-corrected chi connectivity index (χ0v) is 36.1. The first kappa shape index (κ1) is 53.1. The SMILES string of the molecule is CNCCNC(=O)CN(CCCNC(=O)CN(CCCNC(C)=O)CCCNC(=O)C(C)C)CCCNC(=O)CN(CCCNC(C)=O)CCCNC(=O)C(C)C. The third-order valence-electron chi connectivity index (χ3n) is 8.74. The Morgan fingerprint density at radius 2 is 0.649 bits per heavy atom. The summed E-state index contributed by atoms with van der Waals surface area (Å²) in [4.78, 5) is 90.9. The zero-order chi connectivity index (χ0) is 42.8. The highest BCUT2D eigenvalue weighted by molar-refractivity contribution is 5.79. The highest BCUT2D eigenvalue weighted by Crippen LogP contribution is 1.99. The fourth-order valence-corrected chi connectivity index (χ4v) is 5.55. The number of likely N-dealkylation sites (N-methyl/N-ethyl adjacent to an activating group) is 1. The van der Waals surface area contributed by atoms with Crippen LogP contribution in [0.4, 0.5) is 0 Å². The Balaban J connectivity index is 5.03. The van der Waals surface area contributed by atoms with Crippen molar-refractivity contribution >= 4 is 41.4 Å². The lowest BCUT2D eigenvalue weighted by Crippen LogP contribution is -2.43. The van der Waals surface area contributed by atoms with Crippen LogP contribution < -0.4 is 42.5 Å². The van der Waals surface area contributed by atoms with E-state index in [2.05, 4.69) is 42.5 Å². The monoisotopic (exact) mass is 812 g/mol. The van der Waals surface area contributed by atoms with Crippen molar-refractivity contribution in [2.75, 3.05) is 118 Å². The predicted octanol–water partition coefficient (Wildman–Crippen LogP) is -1.38. The normalized spacial score (nSPS) is 11.2. The number of hydrogen-bond acceptors (Lipinski definition) is 11. The van der Waals surface area contributed by atoms with Crippen molar-refractivity contribution in [3.63, 3.8) is 0 Å². The summed E-state index contributed by atoms with van der Waals surface area (Å²) in [6.45, 7) is 18.6. The highest BCUT2D eigenvalue weighted by atomic mass is 16.2. The lowest BCUT2D eigenvalue weighted by molar-refractivity contribution is -0.124. The molecule has 57 heavy (non-hydrogen) atoms. The molecule has 7 amide bonds. The smallest absolute Gasteiger partial charge is 0.234 e. The van der Waals surface area contributed by atoms with Gasteiger partial charge in [-0.05, 0) is 45.6 Å². The van der Waals surface area contributed by atoms with Crippen molar-refractivity contribution in [3.8, 4) is 0 Å². The zero-order valence-electron chi connectivity index (χ0n) is 36.1. The number of carbonyl (C=O) groups excluding carboxylic acids is 7. The molecule has 0 spiro atoms. The molecule has 0 aliphatic heterocycles. The minimum atomic E-state index is -0.121. The molecule has 0 aliphatic rings. The first-order chi connectivity index (χ1) is 27.1. The molecular formula is C39H77N11O7. The molecule has 330 valence electrons. The number of hydrogen-bond donors (Lipinski definition) is 8. The molecule has 18 nitrogen and oxygen atoms in total. The minimum absolute atomic E-state index is 0.00811. The Bertz CT molecular complexity index is 1100. The van der Waals surface area contributed by atoms with Crippen molar-refractivity contribution in [2.45, 2.75) is 80.1 Å². The van der Waals surface area contributed by atoms with E-state index in [1.54, 1.807) is 0 Å². The number of carbonyl (C=O) groups is 7. The van der Waals surface area contributed by atoms with E-state index in [0.29, 0.717) is 130 Å². The third-order valence-corrected chi connectivity index (χ3v) is 8.74. The van der Waals surface area contributed by atoms with Crippen LogP contribution in [-0.4, -0.2) is 174 Å². The van der Waals surface area contributed by atoms with E-state index in [4.69, 9.17) is 0 Å². The Morgan fingerprint density at radius 3 is 0.912 bits per heavy atom. The maximum absolute atomic E-state index is 12.9. The van der Waals surface area contributed by atoms with Gasteiger partial charge >= 0.3 is 0 Å². The van der Waals surface area contributed by atoms with Gasteiger partial charge in [0.25, 0.3) is 0 Å². The van der Waals surface area contributed by atoms with Crippen LogP contribution in [0.15, 0.2) is 0 Å². The van der Waals surface area contributed by atoms with Gasteiger partial charge in [-0.25, -0.2) is 0 Å². The molecule has 0 unspecified atom stereocenters. The van der Waals surface area contributed by atoms with E-state index in [-0.39, 0.29) is 72.8 Å². The molecule has 0 heterocycles. The van der Waals surface area contributed by atoms with Gasteiger partial charge in [0.2, 0.25) is 41.4 Å². The summed E-state index contributed by atoms with van der Waals surface area (Å²) in [6.07, 6.45) is 4.00. The maximum Gasteiger partial charge on any atom is 0.234 e. The van der Waals surface area contributed by atoms with E-state index in [0.717, 1.165) is 0 Å². The largest absolute Gasteiger partial charge is 0.356 e. The second-order valence-electron chi connectivity index (χ2n) is 15.0. The summed E-state index contributed by atoms with van der Waals surface area (Å²) in [7, 11) is 1.82. The number of nitrogens with one attached hydrogen (secondary N) is 8. The van der Waals surface area contributed by atoms with Crippen LogP contribution >= 0.6 is 0 Å². The maximum atomic E-state index is 12.9. The second kappa shape index (κ2) is 34.2. The standard InChI is InChI=1S/C39H77N11O7/c1-31(2)38(56)46-18-12-26-48(22-8-14-41-33(5)51)28-35(53)43-16-10-24-50(30-37(55)45-21-20-40-7)25-11-17-44-36(54)29-49(23-9-15-42-34(6)52)27-13-19-47-39(57)32(3)4/h31-32,40H,8-30H2,1-7H3,(H,41,51)(H,42,52)(H,43,53)(H,44,54)(H,45,55)(H,46,56)(H,47,57). The second-order valence-corrected chi connectivity index (χ2v) is 15.0. The number of nitrogens with zero attached hydrogens (tertiary/aromatic N) is 3. The summed E-state index contributed by atoms with van der Waals surface area (Å²) < 4.78 is 0. The first-order valence-corrected chi connectivity index (χ1v) is 20.8. The Hall–Kier alpha value is -3.87. The summed E-state index contributed by atoms with van der Waals surface area (Å²) in [6, 6.07) is 0. The first-order valence-electron chi connectivity index (χ1n) is 20.8. The van der Waals surface area contributed by atoms with E-state index in [1.165, 1.54) is 13.8 Å². The Morgan fingerprint density at radius 1 is 0.386 bits per heavy atom. The number of amides is 7. The van der Waals surface area contributed by atoms with Crippen molar-refractivity contribution in [2.24, 2.45) is 11.8 Å². The Kier molecular flexibility index (Phi) is 31.9. The Labute approximate surface area is 341 Å². The van der Waals surface area contributed by atoms with E-state index < -0.39 is 0 Å². The van der Waals surface area contributed by atoms with Gasteiger partial charge in [-0.3, -0.25) is 48.3 Å². The van der Waals surface area contributed by atoms with Gasteiger partial charge in [0.1, 0.15) is 0 Å². The van der Waals surface area contributed by atoms with Crippen LogP contribution in [0.2, 0.25) is 0 Å². The molecule has 0 bridgehead atoms. The molecule has 18 heteroatoms. The molecule has 0 fully saturated rings. The predicted molar refractivity (Wildman–Crippen MR) is 223 cm³/mol. The van der Waals surface area contributed by atoms with Gasteiger partial charge in [-0.15, -0.1) is 0 Å². The van der Waals surface area contributed by atoms with Crippen LogP contribution in [0.25, 0.3) is 0 Å². The molecule has 0 rings (SSSR count). The summed E-state index contributed by atoms with van der Waals surface area (Å²) in [5, 5.41) is 23.3. The van der Waals surface area contributed by atoms with Crippen LogP contribution in [0.5, 0.6) is 0 Å². The quantitative estimate of drug-likeness (QED) is 0.0348. The van der Waals surface area contributed by atoms with E-state index in [1.807, 2.05) is 49.4 Å². The highest BCUT2D eigenvalue weighted by Gasteiger charge is 2.15. The van der Waals surface area contributed by atoms with Gasteiger partial charge in [0.05, 0.1) is 19.6 Å². The summed E-state index contributed by atoms with van der Waals surface area (Å²) in [5.74, 6) is -0.746. The molecule has 0 saturated carbocycles. The van der Waals surface area contributed by atoms with Crippen molar-refractivity contribution in [3.05, 3.63) is 0 Å². The summed E-state index contributed by atoms with van der Waals surface area (Å²) in [5.41, 5.74) is 0. The molecule has 0 aliphatic carbocycles. The molecular weight excluding hydrogens is 734 g/mol.